The van der Waals surface area contributed by atoms with E-state index >= 15 is 0 Å². The predicted octanol–water partition coefficient (Wildman–Crippen LogP) is 3.46. The van der Waals surface area contributed by atoms with Crippen molar-refractivity contribution >= 4 is 0 Å². The lowest BCUT2D eigenvalue weighted by Crippen LogP contribution is -2.40. The summed E-state index contributed by atoms with van der Waals surface area (Å²) in [6, 6.07) is 9.97. The van der Waals surface area contributed by atoms with Gasteiger partial charge in [-0.2, -0.15) is 0 Å². The van der Waals surface area contributed by atoms with Gasteiger partial charge in [-0.05, 0) is 70.4 Å². The van der Waals surface area contributed by atoms with Gasteiger partial charge in [0.15, 0.2) is 0 Å². The largest absolute Gasteiger partial charge is 0.390 e. The third kappa shape index (κ3) is 4.92. The molecular formula is C18H29NO. The minimum Gasteiger partial charge on any atom is -0.390 e. The lowest BCUT2D eigenvalue weighted by atomic mass is 9.88. The molecule has 1 aromatic carbocycles. The molecule has 0 heterocycles. The van der Waals surface area contributed by atoms with Crippen LogP contribution in [0.4, 0.5) is 0 Å². The highest BCUT2D eigenvalue weighted by Gasteiger charge is 2.20. The lowest BCUT2D eigenvalue weighted by molar-refractivity contribution is 0.0674. The average Bonchev–Trinajstić information content (AvgIpc) is 2.37. The zero-order valence-electron chi connectivity index (χ0n) is 13.2. The Labute approximate surface area is 123 Å². The van der Waals surface area contributed by atoms with E-state index in [0.29, 0.717) is 12.1 Å². The summed E-state index contributed by atoms with van der Waals surface area (Å²) in [6.07, 6.45) is 6.71. The molecule has 0 bridgehead atoms. The summed E-state index contributed by atoms with van der Waals surface area (Å²) in [5.74, 6) is 0. The molecule has 0 amide bonds. The molecule has 0 aromatic heterocycles. The third-order valence-electron chi connectivity index (χ3n) is 4.29. The van der Waals surface area contributed by atoms with Gasteiger partial charge >= 0.3 is 0 Å². The van der Waals surface area contributed by atoms with Crippen LogP contribution in [0.3, 0.4) is 0 Å². The average molecular weight is 275 g/mol. The van der Waals surface area contributed by atoms with Crippen LogP contribution in [0.25, 0.3) is 0 Å². The van der Waals surface area contributed by atoms with Crippen molar-refractivity contribution in [1.29, 1.82) is 0 Å². The molecular weight excluding hydrogens is 246 g/mol. The second kappa shape index (κ2) is 6.73. The normalized spacial score (nSPS) is 20.5. The van der Waals surface area contributed by atoms with E-state index in [2.05, 4.69) is 36.5 Å². The van der Waals surface area contributed by atoms with Gasteiger partial charge in [-0.15, -0.1) is 0 Å². The second-order valence-electron chi connectivity index (χ2n) is 6.98. The van der Waals surface area contributed by atoms with Crippen molar-refractivity contribution < 1.29 is 5.11 Å². The summed E-state index contributed by atoms with van der Waals surface area (Å²) in [5.41, 5.74) is 2.52. The number of aliphatic hydroxyl groups is 1. The molecule has 2 heteroatoms. The van der Waals surface area contributed by atoms with Crippen LogP contribution in [-0.2, 0) is 12.8 Å². The van der Waals surface area contributed by atoms with Crippen LogP contribution in [0.5, 0.6) is 0 Å². The van der Waals surface area contributed by atoms with E-state index in [1.165, 1.54) is 24.0 Å². The molecule has 0 aliphatic heterocycles. The standard InChI is InChI=1S/C18H29NO/c1-14(7-6-12-18(2,3)20)19-17-11-10-15-8-4-5-9-16(15)13-17/h4-5,8-9,14,17,19-20H,6-7,10-13H2,1-3H3/t14-,17-/m0/s1. The number of aryl methyl sites for hydroxylation is 1. The molecule has 1 aliphatic rings. The van der Waals surface area contributed by atoms with E-state index in [1.54, 1.807) is 0 Å². The molecule has 2 nitrogen and oxygen atoms in total. The minimum atomic E-state index is -0.524. The fourth-order valence-electron chi connectivity index (χ4n) is 3.17. The SMILES string of the molecule is C[C@@H](CCCC(C)(C)O)N[C@H]1CCc2ccccc2C1. The van der Waals surface area contributed by atoms with Gasteiger partial charge in [-0.25, -0.2) is 0 Å². The van der Waals surface area contributed by atoms with Gasteiger partial charge in [-0.1, -0.05) is 24.3 Å². The van der Waals surface area contributed by atoms with Crippen LogP contribution in [0.2, 0.25) is 0 Å². The highest BCUT2D eigenvalue weighted by molar-refractivity contribution is 5.30. The van der Waals surface area contributed by atoms with Gasteiger partial charge in [0.1, 0.15) is 0 Å². The Morgan fingerprint density at radius 2 is 2.00 bits per heavy atom. The Kier molecular flexibility index (Phi) is 5.22. The van der Waals surface area contributed by atoms with Gasteiger partial charge < -0.3 is 10.4 Å². The van der Waals surface area contributed by atoms with Gasteiger partial charge in [0.25, 0.3) is 0 Å². The minimum absolute atomic E-state index is 0.524. The number of nitrogens with one attached hydrogen (secondary N) is 1. The van der Waals surface area contributed by atoms with Crippen molar-refractivity contribution in [3.8, 4) is 0 Å². The first-order valence-corrected chi connectivity index (χ1v) is 7.99. The maximum Gasteiger partial charge on any atom is 0.0591 e. The molecule has 0 spiro atoms. The first-order chi connectivity index (χ1) is 9.44. The zero-order chi connectivity index (χ0) is 14.6. The molecule has 0 radical (unpaired) electrons. The first-order valence-electron chi connectivity index (χ1n) is 7.99. The topological polar surface area (TPSA) is 32.3 Å². The second-order valence-corrected chi connectivity index (χ2v) is 6.98. The molecule has 0 saturated carbocycles. The summed E-state index contributed by atoms with van der Waals surface area (Å²) in [4.78, 5) is 0. The highest BCUT2D eigenvalue weighted by atomic mass is 16.3. The van der Waals surface area contributed by atoms with E-state index in [0.717, 1.165) is 25.7 Å². The highest BCUT2D eigenvalue weighted by Crippen LogP contribution is 2.22. The third-order valence-corrected chi connectivity index (χ3v) is 4.29. The van der Waals surface area contributed by atoms with E-state index in [9.17, 15) is 5.11 Å². The van der Waals surface area contributed by atoms with Crippen LogP contribution in [0, 0.1) is 0 Å². The monoisotopic (exact) mass is 275 g/mol. The van der Waals surface area contributed by atoms with Crippen molar-refractivity contribution in [3.05, 3.63) is 35.4 Å². The van der Waals surface area contributed by atoms with Gasteiger partial charge in [0, 0.05) is 12.1 Å². The Balaban J connectivity index is 1.75. The van der Waals surface area contributed by atoms with Crippen molar-refractivity contribution in [2.75, 3.05) is 0 Å². The van der Waals surface area contributed by atoms with Crippen molar-refractivity contribution in [2.45, 2.75) is 77.0 Å². The number of benzene rings is 1. The lowest BCUT2D eigenvalue weighted by Gasteiger charge is -2.29. The summed E-state index contributed by atoms with van der Waals surface area (Å²) in [5, 5.41) is 13.5. The van der Waals surface area contributed by atoms with E-state index in [1.807, 2.05) is 13.8 Å². The molecule has 2 rings (SSSR count). The molecule has 0 fully saturated rings. The molecule has 1 aliphatic carbocycles. The van der Waals surface area contributed by atoms with Crippen LogP contribution in [0.15, 0.2) is 24.3 Å². The van der Waals surface area contributed by atoms with E-state index < -0.39 is 5.60 Å². The smallest absolute Gasteiger partial charge is 0.0591 e. The fraction of sp³-hybridized carbons (Fsp3) is 0.667. The maximum absolute atomic E-state index is 9.74. The molecule has 2 N–H and O–H groups in total. The number of hydrogen-bond acceptors (Lipinski definition) is 2. The van der Waals surface area contributed by atoms with Crippen LogP contribution < -0.4 is 5.32 Å². The van der Waals surface area contributed by atoms with E-state index in [4.69, 9.17) is 0 Å². The predicted molar refractivity (Wildman–Crippen MR) is 85.0 cm³/mol. The van der Waals surface area contributed by atoms with Crippen molar-refractivity contribution in [2.24, 2.45) is 0 Å². The van der Waals surface area contributed by atoms with Crippen LogP contribution in [0.1, 0.15) is 57.6 Å². The number of fused-ring (bicyclic) bond motifs is 1. The Morgan fingerprint density at radius 1 is 1.30 bits per heavy atom. The molecule has 0 saturated heterocycles. The van der Waals surface area contributed by atoms with E-state index in [-0.39, 0.29) is 0 Å². The summed E-state index contributed by atoms with van der Waals surface area (Å²) in [7, 11) is 0. The molecule has 112 valence electrons. The van der Waals surface area contributed by atoms with Gasteiger partial charge in [0.05, 0.1) is 5.60 Å². The van der Waals surface area contributed by atoms with Crippen molar-refractivity contribution in [3.63, 3.8) is 0 Å². The first kappa shape index (κ1) is 15.5. The van der Waals surface area contributed by atoms with Gasteiger partial charge in [-0.3, -0.25) is 0 Å². The van der Waals surface area contributed by atoms with Crippen LogP contribution in [-0.4, -0.2) is 22.8 Å². The summed E-state index contributed by atoms with van der Waals surface area (Å²) < 4.78 is 0. The van der Waals surface area contributed by atoms with Crippen molar-refractivity contribution in [1.82, 2.24) is 5.32 Å². The summed E-state index contributed by atoms with van der Waals surface area (Å²) >= 11 is 0. The molecule has 1 aromatic rings. The Hall–Kier alpha value is -0.860. The molecule has 0 unspecified atom stereocenters. The zero-order valence-corrected chi connectivity index (χ0v) is 13.2. The fourth-order valence-corrected chi connectivity index (χ4v) is 3.17. The van der Waals surface area contributed by atoms with Gasteiger partial charge in [0.2, 0.25) is 0 Å². The molecule has 2 atom stereocenters. The summed E-state index contributed by atoms with van der Waals surface area (Å²) in [6.45, 7) is 6.05. The van der Waals surface area contributed by atoms with Crippen LogP contribution >= 0.6 is 0 Å². The number of rotatable bonds is 6. The maximum atomic E-state index is 9.74. The number of hydrogen-bond donors (Lipinski definition) is 2. The Bertz CT molecular complexity index is 422. The Morgan fingerprint density at radius 3 is 2.70 bits per heavy atom. The quantitative estimate of drug-likeness (QED) is 0.833. The molecule has 20 heavy (non-hydrogen) atoms.